The Balaban J connectivity index is 2.96. The third-order valence-electron chi connectivity index (χ3n) is 2.59. The van der Waals surface area contributed by atoms with Gasteiger partial charge in [-0.1, -0.05) is 37.6 Å². The van der Waals surface area contributed by atoms with Gasteiger partial charge in [0.25, 0.3) is 0 Å². The van der Waals surface area contributed by atoms with Gasteiger partial charge in [0.05, 0.1) is 4.90 Å². The molecule has 1 aromatic rings. The molecule has 0 aliphatic rings. The van der Waals surface area contributed by atoms with E-state index in [0.717, 1.165) is 5.56 Å². The molecule has 1 N–H and O–H groups in total. The summed E-state index contributed by atoms with van der Waals surface area (Å²) < 4.78 is 26.7. The van der Waals surface area contributed by atoms with Gasteiger partial charge < -0.3 is 0 Å². The summed E-state index contributed by atoms with van der Waals surface area (Å²) in [5, 5.41) is 0. The molecule has 0 heterocycles. The molecule has 0 bridgehead atoms. The number of benzene rings is 1. The minimum absolute atomic E-state index is 0.174. The van der Waals surface area contributed by atoms with Crippen molar-refractivity contribution in [2.45, 2.75) is 31.7 Å². The van der Waals surface area contributed by atoms with Crippen LogP contribution in [0.15, 0.2) is 41.8 Å². The Morgan fingerprint density at radius 2 is 1.76 bits per heavy atom. The number of nitrogens with one attached hydrogen (secondary N) is 1. The predicted octanol–water partition coefficient (Wildman–Crippen LogP) is 2.48. The highest BCUT2D eigenvalue weighted by Gasteiger charge is 2.19. The van der Waals surface area contributed by atoms with Gasteiger partial charge in [-0.2, -0.15) is 0 Å². The number of hydrogen-bond donors (Lipinski definition) is 1. The molecule has 1 atom stereocenters. The fraction of sp³-hybridized carbons (Fsp3) is 0.385. The second-order valence-electron chi connectivity index (χ2n) is 4.44. The average Bonchev–Trinajstić information content (AvgIpc) is 2.26. The Labute approximate surface area is 104 Å². The van der Waals surface area contributed by atoms with Crippen molar-refractivity contribution in [1.82, 2.24) is 4.72 Å². The van der Waals surface area contributed by atoms with Gasteiger partial charge in [-0.25, -0.2) is 13.1 Å². The second kappa shape index (κ2) is 5.47. The van der Waals surface area contributed by atoms with Gasteiger partial charge >= 0.3 is 0 Å². The molecular formula is C13H19NO2S. The van der Waals surface area contributed by atoms with Crippen molar-refractivity contribution in [3.63, 3.8) is 0 Å². The Kier molecular flexibility index (Phi) is 4.48. The van der Waals surface area contributed by atoms with Crippen molar-refractivity contribution in [3.05, 3.63) is 42.5 Å². The maximum atomic E-state index is 12.1. The van der Waals surface area contributed by atoms with Crippen LogP contribution in [-0.4, -0.2) is 14.5 Å². The Hall–Kier alpha value is -1.13. The van der Waals surface area contributed by atoms with Crippen LogP contribution in [0.4, 0.5) is 0 Å². The third-order valence-corrected chi connectivity index (χ3v) is 4.07. The van der Waals surface area contributed by atoms with Crippen molar-refractivity contribution in [3.8, 4) is 0 Å². The highest BCUT2D eigenvalue weighted by Crippen LogP contribution is 2.13. The highest BCUT2D eigenvalue weighted by atomic mass is 32.2. The first-order valence-corrected chi connectivity index (χ1v) is 7.06. The summed E-state index contributed by atoms with van der Waals surface area (Å²) in [6.45, 7) is 9.47. The van der Waals surface area contributed by atoms with E-state index >= 15 is 0 Å². The van der Waals surface area contributed by atoms with E-state index < -0.39 is 10.0 Å². The van der Waals surface area contributed by atoms with Gasteiger partial charge in [-0.15, -0.1) is 6.58 Å². The summed E-state index contributed by atoms with van der Waals surface area (Å²) in [5.74, 6) is 0.174. The summed E-state index contributed by atoms with van der Waals surface area (Å²) in [4.78, 5) is 0.288. The summed E-state index contributed by atoms with van der Waals surface area (Å²) in [7, 11) is -3.45. The van der Waals surface area contributed by atoms with E-state index in [0.29, 0.717) is 0 Å². The van der Waals surface area contributed by atoms with Gasteiger partial charge in [0, 0.05) is 6.04 Å². The largest absolute Gasteiger partial charge is 0.241 e. The molecule has 0 saturated heterocycles. The van der Waals surface area contributed by atoms with Crippen LogP contribution in [0, 0.1) is 12.8 Å². The van der Waals surface area contributed by atoms with Gasteiger partial charge in [-0.3, -0.25) is 0 Å². The van der Waals surface area contributed by atoms with Gasteiger partial charge in [0.2, 0.25) is 10.0 Å². The number of hydrogen-bond acceptors (Lipinski definition) is 2. The number of aryl methyl sites for hydroxylation is 1. The summed E-state index contributed by atoms with van der Waals surface area (Å²) in [5.41, 5.74) is 1.04. The molecule has 0 fully saturated rings. The van der Waals surface area contributed by atoms with Gasteiger partial charge in [0.15, 0.2) is 0 Å². The normalized spacial score (nSPS) is 13.6. The fourth-order valence-corrected chi connectivity index (χ4v) is 2.78. The molecule has 0 amide bonds. The smallest absolute Gasteiger partial charge is 0.207 e. The molecule has 0 aromatic heterocycles. The lowest BCUT2D eigenvalue weighted by Crippen LogP contribution is -2.36. The molecule has 17 heavy (non-hydrogen) atoms. The van der Waals surface area contributed by atoms with E-state index in [-0.39, 0.29) is 16.9 Å². The zero-order valence-corrected chi connectivity index (χ0v) is 11.3. The van der Waals surface area contributed by atoms with Crippen molar-refractivity contribution in [1.29, 1.82) is 0 Å². The van der Waals surface area contributed by atoms with Gasteiger partial charge in [0.1, 0.15) is 0 Å². The maximum absolute atomic E-state index is 12.1. The first-order chi connectivity index (χ1) is 7.86. The lowest BCUT2D eigenvalue weighted by molar-refractivity contribution is 0.509. The zero-order valence-electron chi connectivity index (χ0n) is 10.5. The van der Waals surface area contributed by atoms with E-state index in [9.17, 15) is 8.42 Å². The molecular weight excluding hydrogens is 234 g/mol. The molecule has 0 saturated carbocycles. The third kappa shape index (κ3) is 3.68. The molecule has 0 aliphatic carbocycles. The topological polar surface area (TPSA) is 46.2 Å². The van der Waals surface area contributed by atoms with Crippen molar-refractivity contribution in [2.75, 3.05) is 0 Å². The highest BCUT2D eigenvalue weighted by molar-refractivity contribution is 7.89. The first kappa shape index (κ1) is 13.9. The summed E-state index contributed by atoms with van der Waals surface area (Å²) in [6, 6.07) is 6.54. The number of sulfonamides is 1. The molecule has 1 unspecified atom stereocenters. The van der Waals surface area contributed by atoms with Crippen molar-refractivity contribution < 1.29 is 8.42 Å². The average molecular weight is 253 g/mol. The molecule has 0 aliphatic heterocycles. The quantitative estimate of drug-likeness (QED) is 0.819. The van der Waals surface area contributed by atoms with E-state index in [4.69, 9.17) is 0 Å². The minimum Gasteiger partial charge on any atom is -0.207 e. The molecule has 1 aromatic carbocycles. The predicted molar refractivity (Wildman–Crippen MR) is 70.3 cm³/mol. The summed E-state index contributed by atoms with van der Waals surface area (Å²) in [6.07, 6.45) is 1.62. The minimum atomic E-state index is -3.45. The molecule has 3 nitrogen and oxygen atoms in total. The van der Waals surface area contributed by atoms with Crippen LogP contribution in [-0.2, 0) is 10.0 Å². The van der Waals surface area contributed by atoms with E-state index in [2.05, 4.69) is 11.3 Å². The Morgan fingerprint density at radius 1 is 1.24 bits per heavy atom. The van der Waals surface area contributed by atoms with Crippen LogP contribution >= 0.6 is 0 Å². The van der Waals surface area contributed by atoms with Crippen molar-refractivity contribution >= 4 is 10.0 Å². The van der Waals surface area contributed by atoms with E-state index in [1.54, 1.807) is 30.3 Å². The maximum Gasteiger partial charge on any atom is 0.241 e. The lowest BCUT2D eigenvalue weighted by atomic mass is 10.1. The van der Waals surface area contributed by atoms with Crippen LogP contribution in [0.3, 0.4) is 0 Å². The van der Waals surface area contributed by atoms with Gasteiger partial charge in [-0.05, 0) is 25.0 Å². The van der Waals surface area contributed by atoms with Crippen LogP contribution in [0.1, 0.15) is 19.4 Å². The summed E-state index contributed by atoms with van der Waals surface area (Å²) >= 11 is 0. The molecule has 94 valence electrons. The zero-order chi connectivity index (χ0) is 13.1. The second-order valence-corrected chi connectivity index (χ2v) is 6.15. The molecule has 0 spiro atoms. The van der Waals surface area contributed by atoms with E-state index in [1.807, 2.05) is 20.8 Å². The monoisotopic (exact) mass is 253 g/mol. The molecule has 1 rings (SSSR count). The Morgan fingerprint density at radius 3 is 2.18 bits per heavy atom. The number of rotatable bonds is 5. The van der Waals surface area contributed by atoms with Crippen LogP contribution < -0.4 is 4.72 Å². The fourth-order valence-electron chi connectivity index (χ4n) is 1.42. The first-order valence-electron chi connectivity index (χ1n) is 5.58. The Bertz CT molecular complexity index is 475. The standard InChI is InChI=1S/C13H19NO2S/c1-5-13(10(2)3)14-17(15,16)12-8-6-11(4)7-9-12/h5-10,13-14H,1H2,2-4H3. The van der Waals surface area contributed by atoms with Crippen molar-refractivity contribution in [2.24, 2.45) is 5.92 Å². The molecule has 0 radical (unpaired) electrons. The van der Waals surface area contributed by atoms with Crippen LogP contribution in [0.2, 0.25) is 0 Å². The van der Waals surface area contributed by atoms with Crippen LogP contribution in [0.25, 0.3) is 0 Å². The SMILES string of the molecule is C=CC(NS(=O)(=O)c1ccc(C)cc1)C(C)C. The molecule has 4 heteroatoms. The van der Waals surface area contributed by atoms with E-state index in [1.165, 1.54) is 0 Å². The lowest BCUT2D eigenvalue weighted by Gasteiger charge is -2.18. The van der Waals surface area contributed by atoms with Crippen LogP contribution in [0.5, 0.6) is 0 Å².